The SMILES string of the molecule is CCCCCCOc1ccc(/C=N\Nc2nc(C)c(C(=O)OC)s2)cc1OC. The van der Waals surface area contributed by atoms with Crippen molar-refractivity contribution in [1.82, 2.24) is 4.98 Å². The molecule has 2 rings (SSSR count). The van der Waals surface area contributed by atoms with Gasteiger partial charge in [0.1, 0.15) is 4.88 Å². The van der Waals surface area contributed by atoms with E-state index in [1.807, 2.05) is 18.2 Å². The number of hydrogen-bond donors (Lipinski definition) is 1. The number of carbonyl (C=O) groups is 1. The number of nitrogens with one attached hydrogen (secondary N) is 1. The van der Waals surface area contributed by atoms with E-state index in [0.717, 1.165) is 17.7 Å². The van der Waals surface area contributed by atoms with E-state index in [4.69, 9.17) is 14.2 Å². The van der Waals surface area contributed by atoms with Crippen LogP contribution in [0, 0.1) is 6.92 Å². The number of nitrogens with zero attached hydrogens (tertiary/aromatic N) is 2. The van der Waals surface area contributed by atoms with Gasteiger partial charge in [0, 0.05) is 0 Å². The number of methoxy groups -OCH3 is 2. The van der Waals surface area contributed by atoms with Gasteiger partial charge in [-0.3, -0.25) is 5.43 Å². The molecule has 7 nitrogen and oxygen atoms in total. The molecule has 0 saturated carbocycles. The number of unbranched alkanes of at least 4 members (excludes halogenated alkanes) is 3. The van der Waals surface area contributed by atoms with E-state index in [1.165, 1.54) is 37.7 Å². The smallest absolute Gasteiger partial charge is 0.350 e. The van der Waals surface area contributed by atoms with Crippen LogP contribution in [0.5, 0.6) is 11.5 Å². The minimum Gasteiger partial charge on any atom is -0.493 e. The summed E-state index contributed by atoms with van der Waals surface area (Å²) in [4.78, 5) is 16.4. The fourth-order valence-corrected chi connectivity index (χ4v) is 3.32. The Labute approximate surface area is 169 Å². The van der Waals surface area contributed by atoms with E-state index in [9.17, 15) is 4.79 Å². The molecule has 0 radical (unpaired) electrons. The molecule has 0 amide bonds. The second kappa shape index (κ2) is 11.3. The van der Waals surface area contributed by atoms with Gasteiger partial charge in [-0.25, -0.2) is 9.78 Å². The Balaban J connectivity index is 1.95. The summed E-state index contributed by atoms with van der Waals surface area (Å²) in [7, 11) is 2.96. The fourth-order valence-electron chi connectivity index (χ4n) is 2.48. The second-order valence-corrected chi connectivity index (χ2v) is 7.11. The van der Waals surface area contributed by atoms with Gasteiger partial charge in [0.25, 0.3) is 0 Å². The molecular formula is C20H27N3O4S. The van der Waals surface area contributed by atoms with Crippen molar-refractivity contribution in [2.75, 3.05) is 26.3 Å². The van der Waals surface area contributed by atoms with Crippen molar-refractivity contribution < 1.29 is 19.0 Å². The van der Waals surface area contributed by atoms with E-state index in [1.54, 1.807) is 20.2 Å². The first-order chi connectivity index (χ1) is 13.6. The summed E-state index contributed by atoms with van der Waals surface area (Å²) in [5.41, 5.74) is 4.30. The van der Waals surface area contributed by atoms with E-state index in [0.29, 0.717) is 28.1 Å². The molecule has 0 aliphatic carbocycles. The maximum Gasteiger partial charge on any atom is 0.350 e. The number of benzene rings is 1. The highest BCUT2D eigenvalue weighted by molar-refractivity contribution is 7.17. The Kier molecular flexibility index (Phi) is 8.74. The summed E-state index contributed by atoms with van der Waals surface area (Å²) in [5, 5.41) is 4.70. The molecule has 0 aliphatic heterocycles. The number of ether oxygens (including phenoxy) is 3. The zero-order valence-electron chi connectivity index (χ0n) is 16.8. The van der Waals surface area contributed by atoms with Crippen molar-refractivity contribution in [3.8, 4) is 11.5 Å². The van der Waals surface area contributed by atoms with Crippen LogP contribution in [-0.4, -0.2) is 38.0 Å². The summed E-state index contributed by atoms with van der Waals surface area (Å²) in [6, 6.07) is 5.64. The lowest BCUT2D eigenvalue weighted by atomic mass is 10.2. The molecule has 0 spiro atoms. The van der Waals surface area contributed by atoms with Gasteiger partial charge >= 0.3 is 5.97 Å². The topological polar surface area (TPSA) is 82.0 Å². The quantitative estimate of drug-likeness (QED) is 0.254. The number of rotatable bonds is 11. The molecule has 0 fully saturated rings. The summed E-state index contributed by atoms with van der Waals surface area (Å²) in [5.74, 6) is 0.988. The highest BCUT2D eigenvalue weighted by Gasteiger charge is 2.15. The maximum atomic E-state index is 11.6. The van der Waals surface area contributed by atoms with Crippen molar-refractivity contribution in [3.05, 3.63) is 34.3 Å². The summed E-state index contributed by atoms with van der Waals surface area (Å²) < 4.78 is 16.0. The second-order valence-electron chi connectivity index (χ2n) is 6.11. The number of carbonyl (C=O) groups excluding carboxylic acids is 1. The molecule has 0 aliphatic rings. The molecule has 2 aromatic rings. The molecule has 1 N–H and O–H groups in total. The first kappa shape index (κ1) is 21.7. The minimum atomic E-state index is -0.401. The van der Waals surface area contributed by atoms with Crippen LogP contribution in [0.1, 0.15) is 53.5 Å². The minimum absolute atomic E-state index is 0.401. The number of anilines is 1. The predicted molar refractivity (Wildman–Crippen MR) is 112 cm³/mol. The Morgan fingerprint density at radius 1 is 1.25 bits per heavy atom. The first-order valence-corrected chi connectivity index (χ1v) is 10.1. The van der Waals surface area contributed by atoms with Crippen LogP contribution in [-0.2, 0) is 4.74 Å². The first-order valence-electron chi connectivity index (χ1n) is 9.24. The summed E-state index contributed by atoms with van der Waals surface area (Å²) in [6.07, 6.45) is 6.29. The number of thiazole rings is 1. The van der Waals surface area contributed by atoms with Gasteiger partial charge in [-0.1, -0.05) is 37.5 Å². The lowest BCUT2D eigenvalue weighted by molar-refractivity contribution is 0.0605. The predicted octanol–water partition coefficient (Wildman–Crippen LogP) is 4.65. The summed E-state index contributed by atoms with van der Waals surface area (Å²) >= 11 is 1.20. The molecule has 1 aromatic carbocycles. The lowest BCUT2D eigenvalue weighted by Gasteiger charge is -2.11. The van der Waals surface area contributed by atoms with Crippen LogP contribution in [0.3, 0.4) is 0 Å². The normalized spacial score (nSPS) is 10.9. The fraction of sp³-hybridized carbons (Fsp3) is 0.450. The average molecular weight is 406 g/mol. The number of hydrogen-bond acceptors (Lipinski definition) is 8. The van der Waals surface area contributed by atoms with E-state index < -0.39 is 5.97 Å². The van der Waals surface area contributed by atoms with Gasteiger partial charge in [-0.15, -0.1) is 0 Å². The van der Waals surface area contributed by atoms with E-state index in [-0.39, 0.29) is 0 Å². The van der Waals surface area contributed by atoms with Gasteiger partial charge in [0.2, 0.25) is 5.13 Å². The van der Waals surface area contributed by atoms with Gasteiger partial charge < -0.3 is 14.2 Å². The van der Waals surface area contributed by atoms with Crippen molar-refractivity contribution >= 4 is 28.7 Å². The number of hydrazone groups is 1. The molecule has 0 saturated heterocycles. The number of aryl methyl sites for hydroxylation is 1. The van der Waals surface area contributed by atoms with Crippen LogP contribution in [0.15, 0.2) is 23.3 Å². The van der Waals surface area contributed by atoms with Gasteiger partial charge in [0.05, 0.1) is 32.7 Å². The van der Waals surface area contributed by atoms with Crippen molar-refractivity contribution in [2.24, 2.45) is 5.10 Å². The molecule has 1 heterocycles. The zero-order chi connectivity index (χ0) is 20.4. The third-order valence-electron chi connectivity index (χ3n) is 3.98. The Hall–Kier alpha value is -2.61. The molecule has 8 heteroatoms. The van der Waals surface area contributed by atoms with E-state index in [2.05, 4.69) is 22.4 Å². The van der Waals surface area contributed by atoms with Gasteiger partial charge in [-0.2, -0.15) is 5.10 Å². The average Bonchev–Trinajstić information content (AvgIpc) is 3.08. The van der Waals surface area contributed by atoms with E-state index >= 15 is 0 Å². The molecular weight excluding hydrogens is 378 g/mol. The van der Waals surface area contributed by atoms with Crippen molar-refractivity contribution in [3.63, 3.8) is 0 Å². The molecule has 28 heavy (non-hydrogen) atoms. The largest absolute Gasteiger partial charge is 0.493 e. The Morgan fingerprint density at radius 3 is 2.79 bits per heavy atom. The third kappa shape index (κ3) is 6.23. The molecule has 0 atom stereocenters. The summed E-state index contributed by atoms with van der Waals surface area (Å²) in [6.45, 7) is 4.62. The Bertz CT molecular complexity index is 805. The van der Waals surface area contributed by atoms with Gasteiger partial charge in [0.15, 0.2) is 11.5 Å². The number of aromatic nitrogens is 1. The molecule has 0 unspecified atom stereocenters. The monoisotopic (exact) mass is 405 g/mol. The Morgan fingerprint density at radius 2 is 2.07 bits per heavy atom. The maximum absolute atomic E-state index is 11.6. The zero-order valence-corrected chi connectivity index (χ0v) is 17.6. The standard InChI is InChI=1S/C20H27N3O4S/c1-5-6-7-8-11-27-16-10-9-15(12-17(16)25-3)13-21-23-20-22-14(2)18(28-20)19(24)26-4/h9-10,12-13H,5-8,11H2,1-4H3,(H,22,23)/b21-13-. The van der Waals surface area contributed by atoms with Crippen LogP contribution in [0.2, 0.25) is 0 Å². The number of esters is 1. The van der Waals surface area contributed by atoms with Crippen LogP contribution >= 0.6 is 11.3 Å². The lowest BCUT2D eigenvalue weighted by Crippen LogP contribution is -2.00. The third-order valence-corrected chi connectivity index (χ3v) is 5.03. The highest BCUT2D eigenvalue weighted by atomic mass is 32.1. The highest BCUT2D eigenvalue weighted by Crippen LogP contribution is 2.28. The van der Waals surface area contributed by atoms with Crippen molar-refractivity contribution in [2.45, 2.75) is 39.5 Å². The molecule has 152 valence electrons. The van der Waals surface area contributed by atoms with Crippen molar-refractivity contribution in [1.29, 1.82) is 0 Å². The van der Waals surface area contributed by atoms with Crippen LogP contribution in [0.4, 0.5) is 5.13 Å². The molecule has 0 bridgehead atoms. The molecule has 1 aromatic heterocycles. The van der Waals surface area contributed by atoms with Gasteiger partial charge in [-0.05, 0) is 37.1 Å². The van der Waals surface area contributed by atoms with Crippen LogP contribution < -0.4 is 14.9 Å². The van der Waals surface area contributed by atoms with Crippen LogP contribution in [0.25, 0.3) is 0 Å².